The van der Waals surface area contributed by atoms with Gasteiger partial charge in [0.25, 0.3) is 0 Å². The highest BCUT2D eigenvalue weighted by atomic mass is 16.6. The lowest BCUT2D eigenvalue weighted by atomic mass is 9.90. The molecular weight excluding hydrogens is 188 g/mol. The second-order valence-electron chi connectivity index (χ2n) is 4.80. The van der Waals surface area contributed by atoms with Gasteiger partial charge in [-0.1, -0.05) is 30.3 Å². The number of fused-ring (bicyclic) bond motifs is 1. The van der Waals surface area contributed by atoms with Crippen LogP contribution < -0.4 is 0 Å². The van der Waals surface area contributed by atoms with Crippen LogP contribution in [0.3, 0.4) is 0 Å². The van der Waals surface area contributed by atoms with Crippen molar-refractivity contribution in [2.75, 3.05) is 0 Å². The quantitative estimate of drug-likeness (QED) is 0.656. The predicted octanol–water partition coefficient (Wildman–Crippen LogP) is 2.69. The molecule has 0 saturated carbocycles. The number of benzene rings is 1. The first-order valence-electron chi connectivity index (χ1n) is 5.57. The van der Waals surface area contributed by atoms with Crippen molar-refractivity contribution in [3.05, 3.63) is 35.9 Å². The van der Waals surface area contributed by atoms with Gasteiger partial charge < -0.3 is 9.47 Å². The minimum Gasteiger partial charge on any atom is -0.368 e. The zero-order chi connectivity index (χ0) is 10.5. The van der Waals surface area contributed by atoms with E-state index in [0.717, 1.165) is 6.42 Å². The van der Waals surface area contributed by atoms with E-state index in [1.54, 1.807) is 0 Å². The summed E-state index contributed by atoms with van der Waals surface area (Å²) in [7, 11) is 0. The first-order valence-corrected chi connectivity index (χ1v) is 5.57. The molecule has 0 radical (unpaired) electrons. The maximum Gasteiger partial charge on any atom is 0.113 e. The van der Waals surface area contributed by atoms with E-state index in [2.05, 4.69) is 38.1 Å². The number of hydrogen-bond donors (Lipinski definition) is 0. The molecule has 0 aromatic heterocycles. The maximum absolute atomic E-state index is 5.97. The zero-order valence-corrected chi connectivity index (χ0v) is 9.14. The van der Waals surface area contributed by atoms with E-state index in [-0.39, 0.29) is 17.8 Å². The van der Waals surface area contributed by atoms with Crippen molar-refractivity contribution in [3.8, 4) is 0 Å². The fourth-order valence-corrected chi connectivity index (χ4v) is 2.62. The fraction of sp³-hybridized carbons (Fsp3) is 0.538. The van der Waals surface area contributed by atoms with Gasteiger partial charge in [0.1, 0.15) is 6.10 Å². The predicted molar refractivity (Wildman–Crippen MR) is 57.6 cm³/mol. The van der Waals surface area contributed by atoms with Gasteiger partial charge in [0, 0.05) is 6.42 Å². The molecule has 2 heterocycles. The Balaban J connectivity index is 1.83. The topological polar surface area (TPSA) is 21.8 Å². The Labute approximate surface area is 90.2 Å². The van der Waals surface area contributed by atoms with E-state index in [9.17, 15) is 0 Å². The van der Waals surface area contributed by atoms with Crippen LogP contribution in [0.2, 0.25) is 0 Å². The van der Waals surface area contributed by atoms with E-state index in [1.165, 1.54) is 5.56 Å². The second kappa shape index (κ2) is 3.06. The van der Waals surface area contributed by atoms with E-state index < -0.39 is 0 Å². The Morgan fingerprint density at radius 2 is 2.00 bits per heavy atom. The molecule has 2 aliphatic rings. The zero-order valence-electron chi connectivity index (χ0n) is 9.14. The first kappa shape index (κ1) is 9.37. The normalized spacial score (nSPS) is 43.5. The SMILES string of the molecule is C[C@H]1O[C@@H](c2ccccc2)C[C@]2(C)O[C@H]12. The number of rotatable bonds is 1. The van der Waals surface area contributed by atoms with Crippen LogP contribution >= 0.6 is 0 Å². The molecule has 3 rings (SSSR count). The molecule has 4 atom stereocenters. The molecule has 2 heteroatoms. The fourth-order valence-electron chi connectivity index (χ4n) is 2.62. The summed E-state index contributed by atoms with van der Waals surface area (Å²) >= 11 is 0. The Bertz CT molecular complexity index is 362. The van der Waals surface area contributed by atoms with Crippen molar-refractivity contribution in [1.82, 2.24) is 0 Å². The van der Waals surface area contributed by atoms with Crippen LogP contribution in [0.4, 0.5) is 0 Å². The average Bonchev–Trinajstić information content (AvgIpc) is 2.92. The Hall–Kier alpha value is -0.860. The van der Waals surface area contributed by atoms with Gasteiger partial charge in [-0.25, -0.2) is 0 Å². The Morgan fingerprint density at radius 3 is 2.67 bits per heavy atom. The monoisotopic (exact) mass is 204 g/mol. The molecule has 15 heavy (non-hydrogen) atoms. The highest BCUT2D eigenvalue weighted by molar-refractivity contribution is 5.21. The minimum atomic E-state index is 0.0676. The molecule has 0 bridgehead atoms. The van der Waals surface area contributed by atoms with Gasteiger partial charge in [-0.3, -0.25) is 0 Å². The highest BCUT2D eigenvalue weighted by Crippen LogP contribution is 2.51. The molecule has 0 N–H and O–H groups in total. The summed E-state index contributed by atoms with van der Waals surface area (Å²) in [5.41, 5.74) is 1.33. The maximum atomic E-state index is 5.97. The van der Waals surface area contributed by atoms with Crippen LogP contribution in [0.5, 0.6) is 0 Å². The third-order valence-electron chi connectivity index (χ3n) is 3.51. The van der Waals surface area contributed by atoms with Gasteiger partial charge in [0.2, 0.25) is 0 Å². The van der Waals surface area contributed by atoms with Crippen molar-refractivity contribution >= 4 is 0 Å². The summed E-state index contributed by atoms with van der Waals surface area (Å²) in [5, 5.41) is 0. The lowest BCUT2D eigenvalue weighted by Crippen LogP contribution is -2.32. The third-order valence-corrected chi connectivity index (χ3v) is 3.51. The van der Waals surface area contributed by atoms with Crippen LogP contribution in [0.15, 0.2) is 30.3 Å². The van der Waals surface area contributed by atoms with Crippen LogP contribution in [0.1, 0.15) is 31.9 Å². The summed E-state index contributed by atoms with van der Waals surface area (Å²) in [6.45, 7) is 4.29. The van der Waals surface area contributed by atoms with Crippen LogP contribution in [-0.2, 0) is 9.47 Å². The van der Waals surface area contributed by atoms with Gasteiger partial charge in [0.15, 0.2) is 0 Å². The molecule has 0 aliphatic carbocycles. The van der Waals surface area contributed by atoms with E-state index in [0.29, 0.717) is 6.10 Å². The van der Waals surface area contributed by atoms with Gasteiger partial charge >= 0.3 is 0 Å². The van der Waals surface area contributed by atoms with Crippen molar-refractivity contribution < 1.29 is 9.47 Å². The first-order chi connectivity index (χ1) is 7.19. The molecule has 1 aromatic rings. The van der Waals surface area contributed by atoms with Crippen LogP contribution in [0.25, 0.3) is 0 Å². The standard InChI is InChI=1S/C13H16O2/c1-9-12-13(2,15-12)8-11(14-9)10-6-4-3-5-7-10/h3-7,9,11-12H,8H2,1-2H3/t9-,11-,12-,13+/m1/s1. The van der Waals surface area contributed by atoms with Gasteiger partial charge in [0.05, 0.1) is 17.8 Å². The largest absolute Gasteiger partial charge is 0.368 e. The number of epoxide rings is 1. The van der Waals surface area contributed by atoms with Gasteiger partial charge in [-0.05, 0) is 19.4 Å². The molecule has 2 fully saturated rings. The Morgan fingerprint density at radius 1 is 1.27 bits per heavy atom. The summed E-state index contributed by atoms with van der Waals surface area (Å²) in [5.74, 6) is 0. The smallest absolute Gasteiger partial charge is 0.113 e. The van der Waals surface area contributed by atoms with Crippen molar-refractivity contribution in [2.45, 2.75) is 44.2 Å². The molecule has 0 unspecified atom stereocenters. The van der Waals surface area contributed by atoms with Crippen molar-refractivity contribution in [2.24, 2.45) is 0 Å². The van der Waals surface area contributed by atoms with Crippen LogP contribution in [-0.4, -0.2) is 17.8 Å². The lowest BCUT2D eigenvalue weighted by Gasteiger charge is -2.28. The number of ether oxygens (including phenoxy) is 2. The molecule has 2 aliphatic heterocycles. The molecular formula is C13H16O2. The molecule has 2 nitrogen and oxygen atoms in total. The summed E-state index contributed by atoms with van der Waals surface area (Å²) in [4.78, 5) is 0. The van der Waals surface area contributed by atoms with Crippen LogP contribution in [0, 0.1) is 0 Å². The molecule has 80 valence electrons. The second-order valence-corrected chi connectivity index (χ2v) is 4.80. The average molecular weight is 204 g/mol. The van der Waals surface area contributed by atoms with Crippen molar-refractivity contribution in [1.29, 1.82) is 0 Å². The van der Waals surface area contributed by atoms with Gasteiger partial charge in [-0.2, -0.15) is 0 Å². The molecule has 0 spiro atoms. The lowest BCUT2D eigenvalue weighted by molar-refractivity contribution is -0.0372. The molecule has 2 saturated heterocycles. The van der Waals surface area contributed by atoms with Crippen molar-refractivity contribution in [3.63, 3.8) is 0 Å². The third kappa shape index (κ3) is 1.48. The van der Waals surface area contributed by atoms with E-state index in [1.807, 2.05) is 6.07 Å². The summed E-state index contributed by atoms with van der Waals surface area (Å²) in [6, 6.07) is 10.4. The minimum absolute atomic E-state index is 0.0676. The Kier molecular flexibility index (Phi) is 1.91. The highest BCUT2D eigenvalue weighted by Gasteiger charge is 2.60. The van der Waals surface area contributed by atoms with Gasteiger partial charge in [-0.15, -0.1) is 0 Å². The van der Waals surface area contributed by atoms with E-state index >= 15 is 0 Å². The molecule has 1 aromatic carbocycles. The summed E-state index contributed by atoms with van der Waals surface area (Å²) in [6.07, 6.45) is 1.71. The number of hydrogen-bond acceptors (Lipinski definition) is 2. The summed E-state index contributed by atoms with van der Waals surface area (Å²) < 4.78 is 11.7. The molecule has 0 amide bonds. The van der Waals surface area contributed by atoms with E-state index in [4.69, 9.17) is 9.47 Å².